The van der Waals surface area contributed by atoms with E-state index >= 15 is 0 Å². The third kappa shape index (κ3) is 4.43. The monoisotopic (exact) mass is 347 g/mol. The van der Waals surface area contributed by atoms with Gasteiger partial charge in [0.15, 0.2) is 0 Å². The van der Waals surface area contributed by atoms with Crippen LogP contribution < -0.4 is 10.2 Å². The molecule has 0 atom stereocenters. The molecular formula is C19H26ClN3O. The molecule has 130 valence electrons. The van der Waals surface area contributed by atoms with Crippen molar-refractivity contribution in [2.45, 2.75) is 32.2 Å². The van der Waals surface area contributed by atoms with E-state index < -0.39 is 5.54 Å². The summed E-state index contributed by atoms with van der Waals surface area (Å²) in [6, 6.07) is 7.88. The predicted octanol–water partition coefficient (Wildman–Crippen LogP) is 2.77. The second-order valence-electron chi connectivity index (χ2n) is 6.20. The number of rotatable bonds is 6. The Morgan fingerprint density at radius 1 is 1.25 bits per heavy atom. The number of halogens is 1. The van der Waals surface area contributed by atoms with Crippen molar-refractivity contribution in [1.29, 1.82) is 0 Å². The first-order valence-electron chi connectivity index (χ1n) is 8.54. The first-order valence-corrected chi connectivity index (χ1v) is 8.92. The number of hydrogen-bond acceptors (Lipinski definition) is 3. The van der Waals surface area contributed by atoms with E-state index in [1.165, 1.54) is 0 Å². The van der Waals surface area contributed by atoms with E-state index in [0.717, 1.165) is 49.7 Å². The maximum Gasteiger partial charge on any atom is 0.235 e. The Kier molecular flexibility index (Phi) is 6.53. The van der Waals surface area contributed by atoms with Crippen molar-refractivity contribution in [2.75, 3.05) is 37.6 Å². The lowest BCUT2D eigenvalue weighted by atomic mass is 9.94. The molecule has 1 N–H and O–H groups in total. The number of para-hydroxylation sites is 1. The number of benzene rings is 1. The number of hydrogen-bond donors (Lipinski definition) is 1. The quantitative estimate of drug-likeness (QED) is 0.804. The fourth-order valence-corrected chi connectivity index (χ4v) is 3.29. The van der Waals surface area contributed by atoms with Gasteiger partial charge in [0, 0.05) is 26.2 Å². The summed E-state index contributed by atoms with van der Waals surface area (Å²) in [6.07, 6.45) is 7.09. The first-order chi connectivity index (χ1) is 11.5. The molecule has 1 aliphatic heterocycles. The Hall–Kier alpha value is -1.70. The molecule has 0 aromatic heterocycles. The largest absolute Gasteiger partial charge is 0.368 e. The van der Waals surface area contributed by atoms with E-state index in [-0.39, 0.29) is 5.91 Å². The molecule has 1 aromatic carbocycles. The third-order valence-electron chi connectivity index (χ3n) is 4.79. The number of carbonyl (C=O) groups excluding carboxylic acids is 1. The molecule has 24 heavy (non-hydrogen) atoms. The highest BCUT2D eigenvalue weighted by atomic mass is 35.5. The van der Waals surface area contributed by atoms with Crippen LogP contribution in [0.1, 0.15) is 26.7 Å². The minimum absolute atomic E-state index is 0.00263. The van der Waals surface area contributed by atoms with Gasteiger partial charge in [0.05, 0.1) is 17.3 Å². The van der Waals surface area contributed by atoms with Crippen LogP contribution in [-0.2, 0) is 4.79 Å². The molecule has 0 spiro atoms. The molecule has 1 heterocycles. The van der Waals surface area contributed by atoms with Gasteiger partial charge in [-0.15, -0.1) is 6.42 Å². The van der Waals surface area contributed by atoms with Crippen molar-refractivity contribution >= 4 is 23.2 Å². The Balaban J connectivity index is 1.86. The summed E-state index contributed by atoms with van der Waals surface area (Å²) in [5.74, 6) is 2.75. The van der Waals surface area contributed by atoms with Crippen molar-refractivity contribution < 1.29 is 4.79 Å². The smallest absolute Gasteiger partial charge is 0.235 e. The third-order valence-corrected chi connectivity index (χ3v) is 5.11. The van der Waals surface area contributed by atoms with Gasteiger partial charge in [-0.3, -0.25) is 9.69 Å². The maximum absolute atomic E-state index is 12.3. The summed E-state index contributed by atoms with van der Waals surface area (Å²) in [6.45, 7) is 7.79. The zero-order valence-corrected chi connectivity index (χ0v) is 15.3. The molecule has 5 heteroatoms. The lowest BCUT2D eigenvalue weighted by molar-refractivity contribution is -0.123. The van der Waals surface area contributed by atoms with Crippen LogP contribution in [0.4, 0.5) is 5.69 Å². The molecule has 0 aliphatic carbocycles. The van der Waals surface area contributed by atoms with Gasteiger partial charge in [-0.25, -0.2) is 0 Å². The standard InChI is InChI=1S/C19H26ClN3O/c1-4-19(5-2,6-3)21-18(24)15-22-11-13-23(14-12-22)17-10-8-7-9-16(17)20/h1,7-10H,5-6,11-15H2,2-3H3,(H,21,24). The van der Waals surface area contributed by atoms with Crippen LogP contribution in [0.15, 0.2) is 24.3 Å². The molecule has 1 aliphatic rings. The summed E-state index contributed by atoms with van der Waals surface area (Å²) >= 11 is 6.26. The Morgan fingerprint density at radius 2 is 1.88 bits per heavy atom. The van der Waals surface area contributed by atoms with Gasteiger partial charge in [-0.2, -0.15) is 0 Å². The number of anilines is 1. The lowest BCUT2D eigenvalue weighted by Crippen LogP contribution is -2.53. The van der Waals surface area contributed by atoms with E-state index in [0.29, 0.717) is 6.54 Å². The molecule has 0 bridgehead atoms. The normalized spacial score (nSPS) is 15.8. The van der Waals surface area contributed by atoms with Crippen LogP contribution >= 0.6 is 11.6 Å². The number of amides is 1. The Morgan fingerprint density at radius 3 is 2.42 bits per heavy atom. The molecule has 4 nitrogen and oxygen atoms in total. The summed E-state index contributed by atoms with van der Waals surface area (Å²) in [5, 5.41) is 3.80. The van der Waals surface area contributed by atoms with Gasteiger partial charge in [0.2, 0.25) is 5.91 Å². The molecule has 1 saturated heterocycles. The van der Waals surface area contributed by atoms with Gasteiger partial charge in [0.1, 0.15) is 5.54 Å². The highest BCUT2D eigenvalue weighted by Gasteiger charge is 2.27. The molecular weight excluding hydrogens is 322 g/mol. The summed E-state index contributed by atoms with van der Waals surface area (Å²) < 4.78 is 0. The topological polar surface area (TPSA) is 35.6 Å². The molecule has 0 saturated carbocycles. The summed E-state index contributed by atoms with van der Waals surface area (Å²) in [5.41, 5.74) is 0.544. The molecule has 2 rings (SSSR count). The van der Waals surface area contributed by atoms with Crippen LogP contribution in [0.25, 0.3) is 0 Å². The highest BCUT2D eigenvalue weighted by molar-refractivity contribution is 6.33. The maximum atomic E-state index is 12.3. The SMILES string of the molecule is C#CC(CC)(CC)NC(=O)CN1CCN(c2ccccc2Cl)CC1. The number of nitrogens with one attached hydrogen (secondary N) is 1. The Bertz CT molecular complexity index is 599. The molecule has 1 fully saturated rings. The fourth-order valence-electron chi connectivity index (χ4n) is 3.03. The van der Waals surface area contributed by atoms with E-state index in [1.54, 1.807) is 0 Å². The summed E-state index contributed by atoms with van der Waals surface area (Å²) in [4.78, 5) is 16.8. The van der Waals surface area contributed by atoms with Crippen LogP contribution in [0.2, 0.25) is 5.02 Å². The van der Waals surface area contributed by atoms with Crippen LogP contribution in [-0.4, -0.2) is 49.1 Å². The molecule has 0 radical (unpaired) electrons. The zero-order valence-electron chi connectivity index (χ0n) is 14.5. The van der Waals surface area contributed by atoms with Gasteiger partial charge >= 0.3 is 0 Å². The van der Waals surface area contributed by atoms with Crippen molar-refractivity contribution in [3.8, 4) is 12.3 Å². The minimum Gasteiger partial charge on any atom is -0.368 e. The van der Waals surface area contributed by atoms with Gasteiger partial charge in [-0.05, 0) is 25.0 Å². The van der Waals surface area contributed by atoms with Crippen molar-refractivity contribution in [1.82, 2.24) is 10.2 Å². The van der Waals surface area contributed by atoms with Crippen molar-refractivity contribution in [3.63, 3.8) is 0 Å². The second kappa shape index (κ2) is 8.41. The van der Waals surface area contributed by atoms with Crippen LogP contribution in [0, 0.1) is 12.3 Å². The van der Waals surface area contributed by atoms with Gasteiger partial charge in [0.25, 0.3) is 0 Å². The van der Waals surface area contributed by atoms with Crippen LogP contribution in [0.5, 0.6) is 0 Å². The second-order valence-corrected chi connectivity index (χ2v) is 6.60. The highest BCUT2D eigenvalue weighted by Crippen LogP contribution is 2.26. The number of carbonyl (C=O) groups is 1. The average Bonchev–Trinajstić information content (AvgIpc) is 2.61. The van der Waals surface area contributed by atoms with Crippen molar-refractivity contribution in [3.05, 3.63) is 29.3 Å². The van der Waals surface area contributed by atoms with Crippen LogP contribution in [0.3, 0.4) is 0 Å². The molecule has 1 amide bonds. The predicted molar refractivity (Wildman–Crippen MR) is 100 cm³/mol. The van der Waals surface area contributed by atoms with Gasteiger partial charge in [-0.1, -0.05) is 43.5 Å². The number of piperazine rings is 1. The van der Waals surface area contributed by atoms with E-state index in [4.69, 9.17) is 18.0 Å². The van der Waals surface area contributed by atoms with Gasteiger partial charge < -0.3 is 10.2 Å². The lowest BCUT2D eigenvalue weighted by Gasteiger charge is -2.36. The van der Waals surface area contributed by atoms with E-state index in [2.05, 4.69) is 21.0 Å². The molecule has 0 unspecified atom stereocenters. The number of terminal acetylenes is 1. The van der Waals surface area contributed by atoms with E-state index in [9.17, 15) is 4.79 Å². The average molecular weight is 348 g/mol. The van der Waals surface area contributed by atoms with Crippen molar-refractivity contribution in [2.24, 2.45) is 0 Å². The zero-order chi connectivity index (χ0) is 17.6. The van der Waals surface area contributed by atoms with E-state index in [1.807, 2.05) is 38.1 Å². The summed E-state index contributed by atoms with van der Waals surface area (Å²) in [7, 11) is 0. The molecule has 1 aromatic rings. The number of nitrogens with zero attached hydrogens (tertiary/aromatic N) is 2. The fraction of sp³-hybridized carbons (Fsp3) is 0.526. The first kappa shape index (κ1) is 18.6. The Labute approximate surface area is 150 Å². The minimum atomic E-state index is -0.517.